The van der Waals surface area contributed by atoms with Gasteiger partial charge in [0.05, 0.1) is 12.5 Å². The zero-order valence-corrected chi connectivity index (χ0v) is 18.7. The van der Waals surface area contributed by atoms with Gasteiger partial charge in [-0.1, -0.05) is 51.1 Å². The minimum absolute atomic E-state index is 0.0361. The molecular formula is C22H31N3O7. The molecule has 0 aliphatic carbocycles. The van der Waals surface area contributed by atoms with E-state index in [-0.39, 0.29) is 18.9 Å². The summed E-state index contributed by atoms with van der Waals surface area (Å²) in [5.74, 6) is -3.29. The monoisotopic (exact) mass is 449 g/mol. The van der Waals surface area contributed by atoms with Gasteiger partial charge in [-0.05, 0) is 18.4 Å². The number of carbonyl (C=O) groups excluding carboxylic acids is 4. The molecule has 3 atom stereocenters. The van der Waals surface area contributed by atoms with Crippen LogP contribution in [0.2, 0.25) is 0 Å². The summed E-state index contributed by atoms with van der Waals surface area (Å²) in [7, 11) is 0. The number of ketones is 1. The average Bonchev–Trinajstić information content (AvgIpc) is 2.74. The van der Waals surface area contributed by atoms with E-state index in [0.717, 1.165) is 5.56 Å². The maximum Gasteiger partial charge on any atom is 0.408 e. The fourth-order valence-corrected chi connectivity index (χ4v) is 2.76. The van der Waals surface area contributed by atoms with Gasteiger partial charge in [-0.3, -0.25) is 19.2 Å². The number of benzene rings is 1. The summed E-state index contributed by atoms with van der Waals surface area (Å²) in [4.78, 5) is 60.0. The molecule has 0 saturated heterocycles. The van der Waals surface area contributed by atoms with Crippen molar-refractivity contribution >= 4 is 29.7 Å². The minimum atomic E-state index is -1.23. The fourth-order valence-electron chi connectivity index (χ4n) is 2.76. The maximum absolute atomic E-state index is 12.6. The van der Waals surface area contributed by atoms with Crippen LogP contribution in [0.25, 0.3) is 0 Å². The van der Waals surface area contributed by atoms with Crippen molar-refractivity contribution in [2.45, 2.75) is 65.3 Å². The van der Waals surface area contributed by atoms with E-state index >= 15 is 0 Å². The summed E-state index contributed by atoms with van der Waals surface area (Å²) < 4.78 is 5.14. The molecule has 0 aliphatic rings. The first-order valence-electron chi connectivity index (χ1n) is 10.4. The van der Waals surface area contributed by atoms with Crippen LogP contribution in [0.1, 0.15) is 46.1 Å². The number of hydrogen-bond donors (Lipinski definition) is 4. The molecule has 0 saturated carbocycles. The van der Waals surface area contributed by atoms with Gasteiger partial charge < -0.3 is 25.8 Å². The quantitative estimate of drug-likeness (QED) is 0.376. The predicted molar refractivity (Wildman–Crippen MR) is 115 cm³/mol. The Bertz CT molecular complexity index is 811. The molecule has 10 heteroatoms. The van der Waals surface area contributed by atoms with Gasteiger partial charge in [-0.2, -0.15) is 0 Å². The highest BCUT2D eigenvalue weighted by atomic mass is 16.5. The molecule has 176 valence electrons. The average molecular weight is 450 g/mol. The molecule has 1 aromatic rings. The molecule has 0 spiro atoms. The van der Waals surface area contributed by atoms with Crippen LogP contribution in [-0.2, 0) is 30.5 Å². The summed E-state index contributed by atoms with van der Waals surface area (Å²) in [6.45, 7) is 6.43. The summed E-state index contributed by atoms with van der Waals surface area (Å²) in [5.41, 5.74) is 0.788. The number of amides is 3. The van der Waals surface area contributed by atoms with Crippen LogP contribution >= 0.6 is 0 Å². The van der Waals surface area contributed by atoms with E-state index in [4.69, 9.17) is 9.84 Å². The van der Waals surface area contributed by atoms with Gasteiger partial charge in [-0.15, -0.1) is 0 Å². The molecule has 1 unspecified atom stereocenters. The molecule has 1 rings (SSSR count). The van der Waals surface area contributed by atoms with Crippen LogP contribution in [-0.4, -0.2) is 52.9 Å². The second-order valence-corrected chi connectivity index (χ2v) is 7.64. The van der Waals surface area contributed by atoms with Crippen molar-refractivity contribution in [1.82, 2.24) is 16.0 Å². The van der Waals surface area contributed by atoms with Gasteiger partial charge in [-0.25, -0.2) is 4.79 Å². The Morgan fingerprint density at radius 2 is 1.56 bits per heavy atom. The predicted octanol–water partition coefficient (Wildman–Crippen LogP) is 1.38. The van der Waals surface area contributed by atoms with E-state index in [9.17, 15) is 24.0 Å². The van der Waals surface area contributed by atoms with Gasteiger partial charge in [0.15, 0.2) is 5.78 Å². The third-order valence-electron chi connectivity index (χ3n) is 4.62. The van der Waals surface area contributed by atoms with Crippen molar-refractivity contribution in [3.8, 4) is 0 Å². The first-order valence-corrected chi connectivity index (χ1v) is 10.4. The SMILES string of the molecule is CCC(=O)C(CC(=O)O)NC(=O)[C@H](C)NC(=O)[C@@H](NC(=O)OCc1ccccc1)C(C)C. The van der Waals surface area contributed by atoms with Crippen LogP contribution < -0.4 is 16.0 Å². The molecular weight excluding hydrogens is 418 g/mol. The minimum Gasteiger partial charge on any atom is -0.481 e. The van der Waals surface area contributed by atoms with Crippen molar-refractivity contribution in [3.63, 3.8) is 0 Å². The lowest BCUT2D eigenvalue weighted by atomic mass is 10.0. The summed E-state index contributed by atoms with van der Waals surface area (Å²) in [6.07, 6.45) is -1.28. The first kappa shape index (κ1) is 26.6. The highest BCUT2D eigenvalue weighted by Crippen LogP contribution is 2.06. The molecule has 0 heterocycles. The molecule has 0 aliphatic heterocycles. The lowest BCUT2D eigenvalue weighted by molar-refractivity contribution is -0.140. The highest BCUT2D eigenvalue weighted by molar-refractivity contribution is 5.95. The summed E-state index contributed by atoms with van der Waals surface area (Å²) in [5, 5.41) is 16.3. The number of nitrogens with one attached hydrogen (secondary N) is 3. The molecule has 10 nitrogen and oxygen atoms in total. The molecule has 0 bridgehead atoms. The van der Waals surface area contributed by atoms with E-state index in [2.05, 4.69) is 16.0 Å². The van der Waals surface area contributed by atoms with Crippen molar-refractivity contribution in [2.75, 3.05) is 0 Å². The van der Waals surface area contributed by atoms with Crippen LogP contribution in [0.3, 0.4) is 0 Å². The Kier molecular flexibility index (Phi) is 10.9. The molecule has 1 aromatic carbocycles. The number of aliphatic carboxylic acids is 1. The molecule has 0 fully saturated rings. The third-order valence-corrected chi connectivity index (χ3v) is 4.62. The molecule has 0 radical (unpaired) electrons. The lowest BCUT2D eigenvalue weighted by Gasteiger charge is -2.24. The molecule has 32 heavy (non-hydrogen) atoms. The van der Waals surface area contributed by atoms with E-state index < -0.39 is 54.2 Å². The van der Waals surface area contributed by atoms with Crippen LogP contribution in [0.4, 0.5) is 4.79 Å². The Morgan fingerprint density at radius 1 is 0.938 bits per heavy atom. The number of carboxylic acid groups (broad SMARTS) is 1. The molecule has 4 N–H and O–H groups in total. The third kappa shape index (κ3) is 9.15. The Labute approximate surface area is 187 Å². The lowest BCUT2D eigenvalue weighted by Crippen LogP contribution is -2.56. The van der Waals surface area contributed by atoms with Crippen molar-refractivity contribution in [1.29, 1.82) is 0 Å². The molecule has 0 aromatic heterocycles. The second kappa shape index (κ2) is 13.1. The first-order chi connectivity index (χ1) is 15.0. The van der Waals surface area contributed by atoms with E-state index in [1.807, 2.05) is 18.2 Å². The molecule has 3 amide bonds. The number of carbonyl (C=O) groups is 5. The second-order valence-electron chi connectivity index (χ2n) is 7.64. The zero-order valence-electron chi connectivity index (χ0n) is 18.7. The van der Waals surface area contributed by atoms with E-state index in [1.165, 1.54) is 6.92 Å². The smallest absolute Gasteiger partial charge is 0.408 e. The number of Topliss-reactive ketones (excluding diaryl/α,β-unsaturated/α-hetero) is 1. The van der Waals surface area contributed by atoms with Gasteiger partial charge in [0.2, 0.25) is 11.8 Å². The van der Waals surface area contributed by atoms with Crippen molar-refractivity contribution < 1.29 is 33.8 Å². The number of rotatable bonds is 12. The van der Waals surface area contributed by atoms with Gasteiger partial charge in [0, 0.05) is 6.42 Å². The van der Waals surface area contributed by atoms with Crippen LogP contribution in [0.15, 0.2) is 30.3 Å². The Balaban J connectivity index is 2.67. The van der Waals surface area contributed by atoms with Crippen molar-refractivity contribution in [3.05, 3.63) is 35.9 Å². The number of alkyl carbamates (subject to hydrolysis) is 1. The van der Waals surface area contributed by atoms with Gasteiger partial charge in [0.1, 0.15) is 18.7 Å². The largest absolute Gasteiger partial charge is 0.481 e. The Hall–Kier alpha value is -3.43. The van der Waals surface area contributed by atoms with Crippen LogP contribution in [0, 0.1) is 5.92 Å². The fraction of sp³-hybridized carbons (Fsp3) is 0.500. The van der Waals surface area contributed by atoms with E-state index in [0.29, 0.717) is 0 Å². The standard InChI is InChI=1S/C22H31N3O7/c1-5-17(26)16(11-18(27)28)24-20(29)14(4)23-21(30)19(13(2)3)25-22(31)32-12-15-9-7-6-8-10-15/h6-10,13-14,16,19H,5,11-12H2,1-4H3,(H,23,30)(H,24,29)(H,25,31)(H,27,28)/t14-,16?,19-/m0/s1. The highest BCUT2D eigenvalue weighted by Gasteiger charge is 2.29. The number of hydrogen-bond acceptors (Lipinski definition) is 6. The van der Waals surface area contributed by atoms with E-state index in [1.54, 1.807) is 32.9 Å². The maximum atomic E-state index is 12.6. The van der Waals surface area contributed by atoms with Gasteiger partial charge >= 0.3 is 12.1 Å². The Morgan fingerprint density at radius 3 is 2.09 bits per heavy atom. The summed E-state index contributed by atoms with van der Waals surface area (Å²) in [6, 6.07) is 5.82. The van der Waals surface area contributed by atoms with Crippen molar-refractivity contribution in [2.24, 2.45) is 5.92 Å². The van der Waals surface area contributed by atoms with Gasteiger partial charge in [0.25, 0.3) is 0 Å². The topological polar surface area (TPSA) is 151 Å². The normalized spacial score (nSPS) is 13.4. The number of ether oxygens (including phenoxy) is 1. The number of carboxylic acids is 1. The van der Waals surface area contributed by atoms with Crippen LogP contribution in [0.5, 0.6) is 0 Å². The summed E-state index contributed by atoms with van der Waals surface area (Å²) >= 11 is 0. The zero-order chi connectivity index (χ0) is 24.3.